The van der Waals surface area contributed by atoms with Gasteiger partial charge in [0.15, 0.2) is 29.0 Å². The maximum Gasteiger partial charge on any atom is 0.227 e. The Hall–Kier alpha value is -2.80. The summed E-state index contributed by atoms with van der Waals surface area (Å²) < 4.78 is 18.7. The number of aliphatic hydroxyl groups excluding tert-OH is 2. The molecule has 3 aromatic rings. The summed E-state index contributed by atoms with van der Waals surface area (Å²) in [5, 5.41) is 29.2. The van der Waals surface area contributed by atoms with Gasteiger partial charge in [0.25, 0.3) is 0 Å². The summed E-state index contributed by atoms with van der Waals surface area (Å²) >= 11 is 0. The lowest BCUT2D eigenvalue weighted by Crippen LogP contribution is -2.30. The smallest absolute Gasteiger partial charge is 0.227 e. The van der Waals surface area contributed by atoms with E-state index >= 15 is 0 Å². The number of aryl methyl sites for hydroxylation is 1. The van der Waals surface area contributed by atoms with Crippen LogP contribution in [-0.2, 0) is 15.9 Å². The van der Waals surface area contributed by atoms with Gasteiger partial charge in [0.2, 0.25) is 5.95 Å². The zero-order chi connectivity index (χ0) is 25.2. The molecule has 0 spiro atoms. The number of imidazole rings is 1. The van der Waals surface area contributed by atoms with Crippen molar-refractivity contribution in [3.05, 3.63) is 23.8 Å². The van der Waals surface area contributed by atoms with E-state index in [4.69, 9.17) is 24.0 Å². The van der Waals surface area contributed by atoms with Crippen LogP contribution in [0.4, 0.5) is 11.8 Å². The number of fused-ring (bicyclic) bond motifs is 1. The first-order valence-corrected chi connectivity index (χ1v) is 12.8. The van der Waals surface area contributed by atoms with Gasteiger partial charge in [-0.05, 0) is 32.6 Å². The molecule has 4 unspecified atom stereocenters. The Labute approximate surface area is 209 Å². The Bertz CT molecular complexity index is 1160. The summed E-state index contributed by atoms with van der Waals surface area (Å²) in [7, 11) is 0. The summed E-state index contributed by atoms with van der Waals surface area (Å²) in [5.41, 5.74) is 1.89. The fraction of sp³-hybridized carbons (Fsp3) is 0.667. The second-order valence-electron chi connectivity index (χ2n) is 9.31. The van der Waals surface area contributed by atoms with Crippen LogP contribution in [0.25, 0.3) is 11.2 Å². The van der Waals surface area contributed by atoms with Gasteiger partial charge in [-0.15, -0.1) is 0 Å². The molecule has 0 aliphatic carbocycles. The zero-order valence-electron chi connectivity index (χ0n) is 21.0. The van der Waals surface area contributed by atoms with Gasteiger partial charge < -0.3 is 34.4 Å². The Kier molecular flexibility index (Phi) is 7.37. The molecule has 5 rings (SSSR count). The van der Waals surface area contributed by atoms with E-state index in [0.717, 1.165) is 43.9 Å². The highest BCUT2D eigenvalue weighted by Gasteiger charge is 2.47. The van der Waals surface area contributed by atoms with Crippen LogP contribution in [0.15, 0.2) is 16.9 Å². The topological polar surface area (TPSA) is 144 Å². The van der Waals surface area contributed by atoms with Crippen molar-refractivity contribution in [2.75, 3.05) is 36.5 Å². The van der Waals surface area contributed by atoms with Crippen LogP contribution in [0.1, 0.15) is 63.8 Å². The molecule has 3 aromatic heterocycles. The Morgan fingerprint density at radius 1 is 1.14 bits per heavy atom. The number of aromatic nitrogens is 5. The van der Waals surface area contributed by atoms with Gasteiger partial charge in [-0.3, -0.25) is 4.57 Å². The highest BCUT2D eigenvalue weighted by molar-refractivity contribution is 5.85. The number of ether oxygens (including phenoxy) is 2. The molecule has 4 atom stereocenters. The first kappa shape index (κ1) is 24.9. The van der Waals surface area contributed by atoms with Crippen molar-refractivity contribution in [3.63, 3.8) is 0 Å². The third-order valence-corrected chi connectivity index (χ3v) is 6.86. The molecule has 0 amide bonds. The predicted octanol–water partition coefficient (Wildman–Crippen LogP) is 2.20. The van der Waals surface area contributed by atoms with Crippen LogP contribution in [0.3, 0.4) is 0 Å². The van der Waals surface area contributed by atoms with Gasteiger partial charge in [0.05, 0.1) is 12.0 Å². The third-order valence-electron chi connectivity index (χ3n) is 6.86. The zero-order valence-corrected chi connectivity index (χ0v) is 21.0. The average molecular weight is 502 g/mol. The minimum atomic E-state index is -1.22. The van der Waals surface area contributed by atoms with E-state index in [9.17, 15) is 10.2 Å². The minimum absolute atomic E-state index is 0.209. The van der Waals surface area contributed by atoms with Gasteiger partial charge in [-0.2, -0.15) is 9.97 Å². The molecule has 196 valence electrons. The van der Waals surface area contributed by atoms with Gasteiger partial charge in [0, 0.05) is 38.4 Å². The maximum atomic E-state index is 11.0. The molecule has 2 aliphatic rings. The normalized spacial score (nSPS) is 25.0. The number of hydrogen-bond acceptors (Lipinski definition) is 11. The number of rotatable bonds is 9. The van der Waals surface area contributed by atoms with Crippen molar-refractivity contribution >= 4 is 22.9 Å². The van der Waals surface area contributed by atoms with Crippen LogP contribution in [0.5, 0.6) is 0 Å². The SMILES string of the molecule is CCCN(CC)c1nc(NC2CCOCC2)nc2c1ncn2C1OC(c2cc(CC)no2)C(O)C1O. The second kappa shape index (κ2) is 10.7. The predicted molar refractivity (Wildman–Crippen MR) is 132 cm³/mol. The van der Waals surface area contributed by atoms with Crippen LogP contribution < -0.4 is 10.2 Å². The standard InChI is InChI=1S/C24H35N7O5/c1-4-9-30(6-3)21-17-22(28-24(27-21)26-15-7-10-34-11-8-15)31(13-25-17)23-19(33)18(32)20(35-23)16-12-14(5-2)29-36-16/h12-13,15,18-20,23,32-33H,4-11H2,1-3H3,(H,26,27,28). The van der Waals surface area contributed by atoms with Crippen molar-refractivity contribution in [1.29, 1.82) is 0 Å². The molecule has 0 aromatic carbocycles. The lowest BCUT2D eigenvalue weighted by atomic mass is 10.1. The second-order valence-corrected chi connectivity index (χ2v) is 9.31. The third kappa shape index (κ3) is 4.65. The van der Waals surface area contributed by atoms with Crippen LogP contribution in [0, 0.1) is 0 Å². The van der Waals surface area contributed by atoms with E-state index in [-0.39, 0.29) is 6.04 Å². The summed E-state index contributed by atoms with van der Waals surface area (Å²) in [6, 6.07) is 1.95. The summed E-state index contributed by atoms with van der Waals surface area (Å²) in [6.07, 6.45) is 0.798. The molecule has 0 radical (unpaired) electrons. The fourth-order valence-electron chi connectivity index (χ4n) is 4.83. The van der Waals surface area contributed by atoms with Gasteiger partial charge in [0.1, 0.15) is 18.3 Å². The monoisotopic (exact) mass is 501 g/mol. The average Bonchev–Trinajstić information content (AvgIpc) is 3.61. The molecule has 0 bridgehead atoms. The van der Waals surface area contributed by atoms with Gasteiger partial charge in [-0.25, -0.2) is 4.98 Å². The number of aliphatic hydroxyl groups is 2. The largest absolute Gasteiger partial charge is 0.387 e. The lowest BCUT2D eigenvalue weighted by Gasteiger charge is -2.25. The van der Waals surface area contributed by atoms with E-state index < -0.39 is 24.5 Å². The lowest BCUT2D eigenvalue weighted by molar-refractivity contribution is -0.0434. The van der Waals surface area contributed by atoms with E-state index in [1.165, 1.54) is 0 Å². The first-order chi connectivity index (χ1) is 17.5. The molecule has 12 heteroatoms. The Balaban J connectivity index is 1.52. The van der Waals surface area contributed by atoms with E-state index in [0.29, 0.717) is 42.5 Å². The molecule has 0 saturated carbocycles. The van der Waals surface area contributed by atoms with Crippen LogP contribution >= 0.6 is 0 Å². The quantitative estimate of drug-likeness (QED) is 0.397. The molecular formula is C24H35N7O5. The van der Waals surface area contributed by atoms with Crippen molar-refractivity contribution in [2.24, 2.45) is 0 Å². The highest BCUT2D eigenvalue weighted by atomic mass is 16.6. The molecule has 12 nitrogen and oxygen atoms in total. The van der Waals surface area contributed by atoms with Crippen molar-refractivity contribution < 1.29 is 24.2 Å². The minimum Gasteiger partial charge on any atom is -0.387 e. The van der Waals surface area contributed by atoms with Crippen LogP contribution in [0.2, 0.25) is 0 Å². The fourth-order valence-corrected chi connectivity index (χ4v) is 4.83. The van der Waals surface area contributed by atoms with Crippen LogP contribution in [-0.4, -0.2) is 79.4 Å². The van der Waals surface area contributed by atoms with Gasteiger partial charge >= 0.3 is 0 Å². The molecule has 3 N–H and O–H groups in total. The van der Waals surface area contributed by atoms with E-state index in [1.54, 1.807) is 17.0 Å². The summed E-state index contributed by atoms with van der Waals surface area (Å²) in [5.74, 6) is 1.60. The number of hydrogen-bond donors (Lipinski definition) is 3. The summed E-state index contributed by atoms with van der Waals surface area (Å²) in [6.45, 7) is 9.15. The van der Waals surface area contributed by atoms with E-state index in [1.807, 2.05) is 6.92 Å². The molecule has 36 heavy (non-hydrogen) atoms. The Morgan fingerprint density at radius 2 is 1.94 bits per heavy atom. The number of anilines is 2. The molecule has 2 fully saturated rings. The number of nitrogens with one attached hydrogen (secondary N) is 1. The first-order valence-electron chi connectivity index (χ1n) is 12.8. The van der Waals surface area contributed by atoms with E-state index in [2.05, 4.69) is 34.2 Å². The van der Waals surface area contributed by atoms with Crippen molar-refractivity contribution in [1.82, 2.24) is 24.7 Å². The highest BCUT2D eigenvalue weighted by Crippen LogP contribution is 2.40. The molecule has 2 saturated heterocycles. The molecule has 5 heterocycles. The number of nitrogens with zero attached hydrogens (tertiary/aromatic N) is 6. The van der Waals surface area contributed by atoms with Gasteiger partial charge in [-0.1, -0.05) is 19.0 Å². The Morgan fingerprint density at radius 3 is 2.64 bits per heavy atom. The summed E-state index contributed by atoms with van der Waals surface area (Å²) in [4.78, 5) is 16.4. The molecular weight excluding hydrogens is 466 g/mol. The molecule has 2 aliphatic heterocycles. The maximum absolute atomic E-state index is 11.0. The van der Waals surface area contributed by atoms with Crippen molar-refractivity contribution in [2.45, 2.75) is 77.0 Å². The van der Waals surface area contributed by atoms with Crippen molar-refractivity contribution in [3.8, 4) is 0 Å².